The lowest BCUT2D eigenvalue weighted by atomic mass is 10.3. The van der Waals surface area contributed by atoms with E-state index in [1.165, 1.54) is 41.5 Å². The van der Waals surface area contributed by atoms with Gasteiger partial charge < -0.3 is 5.32 Å². The molecular weight excluding hydrogens is 249 g/mol. The van der Waals surface area contributed by atoms with Crippen molar-refractivity contribution in [2.75, 3.05) is 5.32 Å². The molecule has 1 amide bonds. The maximum absolute atomic E-state index is 12.0. The summed E-state index contributed by atoms with van der Waals surface area (Å²) >= 11 is 0. The van der Waals surface area contributed by atoms with E-state index in [1.54, 1.807) is 5.32 Å². The first-order chi connectivity index (χ1) is 8.47. The number of nitrogens with one attached hydrogen (secondary N) is 1. The monoisotopic (exact) mass is 256 g/mol. The second kappa shape index (κ2) is 4.47. The molecule has 94 valence electrons. The summed E-state index contributed by atoms with van der Waals surface area (Å²) in [6.45, 7) is 0. The zero-order valence-electron chi connectivity index (χ0n) is 8.85. The first-order valence-corrected chi connectivity index (χ1v) is 4.82. The van der Waals surface area contributed by atoms with Crippen molar-refractivity contribution in [1.82, 2.24) is 15.0 Å². The summed E-state index contributed by atoms with van der Waals surface area (Å²) in [7, 11) is 0. The van der Waals surface area contributed by atoms with Gasteiger partial charge in [-0.15, -0.1) is 0 Å². The van der Waals surface area contributed by atoms with E-state index in [0.717, 1.165) is 0 Å². The number of hydrogen-bond acceptors (Lipinski definition) is 3. The fraction of sp³-hybridized carbons (Fsp3) is 0.100. The molecule has 18 heavy (non-hydrogen) atoms. The number of nitrogens with zero attached hydrogens (tertiary/aromatic N) is 3. The minimum atomic E-state index is -4.90. The van der Waals surface area contributed by atoms with Gasteiger partial charge in [0.25, 0.3) is 0 Å². The van der Waals surface area contributed by atoms with Crippen LogP contribution in [-0.4, -0.2) is 27.1 Å². The van der Waals surface area contributed by atoms with Gasteiger partial charge in [0.05, 0.1) is 18.1 Å². The highest BCUT2D eigenvalue weighted by atomic mass is 19.4. The second-order valence-corrected chi connectivity index (χ2v) is 3.32. The molecule has 0 unspecified atom stereocenters. The second-order valence-electron chi connectivity index (χ2n) is 3.32. The van der Waals surface area contributed by atoms with Crippen LogP contribution in [0.5, 0.6) is 0 Å². The van der Waals surface area contributed by atoms with Crippen molar-refractivity contribution in [1.29, 1.82) is 0 Å². The molecule has 1 heterocycles. The Balaban J connectivity index is 2.12. The van der Waals surface area contributed by atoms with Crippen LogP contribution in [0.15, 0.2) is 36.7 Å². The smallest absolute Gasteiger partial charge is 0.318 e. The molecule has 0 aliphatic rings. The molecule has 0 spiro atoms. The van der Waals surface area contributed by atoms with Crippen LogP contribution >= 0.6 is 0 Å². The summed E-state index contributed by atoms with van der Waals surface area (Å²) in [6.07, 6.45) is -1.96. The fourth-order valence-corrected chi connectivity index (χ4v) is 1.23. The molecule has 1 aromatic carbocycles. The molecule has 2 rings (SSSR count). The number of halogens is 3. The Labute approximate surface area is 99.2 Å². The molecule has 0 atom stereocenters. The highest BCUT2D eigenvalue weighted by Crippen LogP contribution is 2.18. The summed E-state index contributed by atoms with van der Waals surface area (Å²) in [5.74, 6) is -2.01. The van der Waals surface area contributed by atoms with Crippen LogP contribution in [0.25, 0.3) is 5.69 Å². The standard InChI is InChI=1S/C10H7F3N4O/c11-10(12,13)9(18)16-7-1-3-8(4-2-7)17-14-5-6-15-17/h1-6H,(H,16,18). The normalized spacial score (nSPS) is 11.3. The summed E-state index contributed by atoms with van der Waals surface area (Å²) in [5.41, 5.74) is 0.623. The van der Waals surface area contributed by atoms with Gasteiger partial charge in [-0.1, -0.05) is 0 Å². The minimum absolute atomic E-state index is 0.0493. The van der Waals surface area contributed by atoms with Crippen LogP contribution in [0.4, 0.5) is 18.9 Å². The molecule has 0 saturated heterocycles. The molecule has 0 radical (unpaired) electrons. The third kappa shape index (κ3) is 2.65. The van der Waals surface area contributed by atoms with Crippen LogP contribution in [0.1, 0.15) is 0 Å². The molecular formula is C10H7F3N4O. The molecule has 2 aromatic rings. The lowest BCUT2D eigenvalue weighted by Gasteiger charge is -2.08. The quantitative estimate of drug-likeness (QED) is 0.890. The Hall–Kier alpha value is -2.38. The predicted molar refractivity (Wildman–Crippen MR) is 56.0 cm³/mol. The number of rotatable bonds is 2. The van der Waals surface area contributed by atoms with E-state index < -0.39 is 12.1 Å². The molecule has 1 N–H and O–H groups in total. The van der Waals surface area contributed by atoms with Gasteiger partial charge in [-0.2, -0.15) is 28.2 Å². The number of carbonyl (C=O) groups excluding carboxylic acids is 1. The van der Waals surface area contributed by atoms with Crippen molar-refractivity contribution >= 4 is 11.6 Å². The average molecular weight is 256 g/mol. The van der Waals surface area contributed by atoms with Gasteiger partial charge in [0.2, 0.25) is 0 Å². The SMILES string of the molecule is O=C(Nc1ccc(-n2nccn2)cc1)C(F)(F)F. The number of hydrogen-bond donors (Lipinski definition) is 1. The van der Waals surface area contributed by atoms with Gasteiger partial charge in [-0.25, -0.2) is 0 Å². The van der Waals surface area contributed by atoms with E-state index in [0.29, 0.717) is 5.69 Å². The number of amides is 1. The lowest BCUT2D eigenvalue weighted by molar-refractivity contribution is -0.167. The molecule has 8 heteroatoms. The summed E-state index contributed by atoms with van der Waals surface area (Å²) in [4.78, 5) is 12.0. The Morgan fingerprint density at radius 1 is 1.11 bits per heavy atom. The number of anilines is 1. The Morgan fingerprint density at radius 2 is 1.67 bits per heavy atom. The topological polar surface area (TPSA) is 59.8 Å². The summed E-state index contributed by atoms with van der Waals surface area (Å²) in [6, 6.07) is 5.66. The van der Waals surface area contributed by atoms with Crippen molar-refractivity contribution < 1.29 is 18.0 Å². The van der Waals surface area contributed by atoms with Gasteiger partial charge in [0.15, 0.2) is 0 Å². The first kappa shape index (κ1) is 12.1. The van der Waals surface area contributed by atoms with E-state index in [1.807, 2.05) is 0 Å². The van der Waals surface area contributed by atoms with Crippen molar-refractivity contribution in [3.63, 3.8) is 0 Å². The van der Waals surface area contributed by atoms with Gasteiger partial charge in [0.1, 0.15) is 0 Å². The van der Waals surface area contributed by atoms with E-state index in [2.05, 4.69) is 10.2 Å². The largest absolute Gasteiger partial charge is 0.471 e. The fourth-order valence-electron chi connectivity index (χ4n) is 1.23. The number of benzene rings is 1. The molecule has 0 fully saturated rings. The molecule has 5 nitrogen and oxygen atoms in total. The van der Waals surface area contributed by atoms with Crippen molar-refractivity contribution in [3.05, 3.63) is 36.7 Å². The molecule has 0 bridgehead atoms. The van der Waals surface area contributed by atoms with Crippen molar-refractivity contribution in [2.45, 2.75) is 6.18 Å². The van der Waals surface area contributed by atoms with Gasteiger partial charge in [-0.3, -0.25) is 4.79 Å². The molecule has 1 aromatic heterocycles. The number of carbonyl (C=O) groups is 1. The van der Waals surface area contributed by atoms with Crippen LogP contribution in [-0.2, 0) is 4.79 Å². The zero-order valence-corrected chi connectivity index (χ0v) is 8.85. The third-order valence-corrected chi connectivity index (χ3v) is 2.03. The van der Waals surface area contributed by atoms with Crippen LogP contribution in [0.3, 0.4) is 0 Å². The maximum atomic E-state index is 12.0. The predicted octanol–water partition coefficient (Wildman–Crippen LogP) is 1.77. The van der Waals surface area contributed by atoms with E-state index in [4.69, 9.17) is 0 Å². The maximum Gasteiger partial charge on any atom is 0.471 e. The Morgan fingerprint density at radius 3 is 2.17 bits per heavy atom. The van der Waals surface area contributed by atoms with Crippen LogP contribution < -0.4 is 5.32 Å². The van der Waals surface area contributed by atoms with E-state index in [9.17, 15) is 18.0 Å². The average Bonchev–Trinajstić information content (AvgIpc) is 2.82. The lowest BCUT2D eigenvalue weighted by Crippen LogP contribution is -2.29. The summed E-state index contributed by atoms with van der Waals surface area (Å²) < 4.78 is 36.0. The van der Waals surface area contributed by atoms with Gasteiger partial charge in [0, 0.05) is 5.69 Å². The number of alkyl halides is 3. The van der Waals surface area contributed by atoms with Crippen LogP contribution in [0, 0.1) is 0 Å². The molecule has 0 saturated carbocycles. The highest BCUT2D eigenvalue weighted by Gasteiger charge is 2.38. The van der Waals surface area contributed by atoms with Gasteiger partial charge >= 0.3 is 12.1 Å². The first-order valence-electron chi connectivity index (χ1n) is 4.82. The highest BCUT2D eigenvalue weighted by molar-refractivity contribution is 5.94. The molecule has 0 aliphatic heterocycles. The minimum Gasteiger partial charge on any atom is -0.318 e. The third-order valence-electron chi connectivity index (χ3n) is 2.03. The summed E-state index contributed by atoms with van der Waals surface area (Å²) in [5, 5.41) is 9.45. The Bertz CT molecular complexity index is 533. The van der Waals surface area contributed by atoms with Crippen molar-refractivity contribution in [3.8, 4) is 5.69 Å². The zero-order chi connectivity index (χ0) is 13.2. The number of aromatic nitrogens is 3. The van der Waals surface area contributed by atoms with Gasteiger partial charge in [-0.05, 0) is 24.3 Å². The molecule has 0 aliphatic carbocycles. The van der Waals surface area contributed by atoms with E-state index >= 15 is 0 Å². The van der Waals surface area contributed by atoms with Crippen LogP contribution in [0.2, 0.25) is 0 Å². The van der Waals surface area contributed by atoms with E-state index in [-0.39, 0.29) is 5.69 Å². The van der Waals surface area contributed by atoms with Crippen molar-refractivity contribution in [2.24, 2.45) is 0 Å². The Kier molecular flexibility index (Phi) is 3.00.